The second-order valence-electron chi connectivity index (χ2n) is 5.34. The molecule has 8 heteroatoms. The van der Waals surface area contributed by atoms with Gasteiger partial charge in [-0.15, -0.1) is 0 Å². The summed E-state index contributed by atoms with van der Waals surface area (Å²) in [5, 5.41) is 0.248. The molecule has 0 atom stereocenters. The first-order valence-corrected chi connectivity index (χ1v) is 7.73. The van der Waals surface area contributed by atoms with Crippen molar-refractivity contribution in [3.8, 4) is 11.4 Å². The summed E-state index contributed by atoms with van der Waals surface area (Å²) >= 11 is 6.06. The molecule has 1 heterocycles. The number of halogens is 2. The molecule has 0 fully saturated rings. The Morgan fingerprint density at radius 3 is 2.60 bits per heavy atom. The van der Waals surface area contributed by atoms with Crippen molar-refractivity contribution < 1.29 is 13.9 Å². The van der Waals surface area contributed by atoms with E-state index in [1.54, 1.807) is 38.1 Å². The van der Waals surface area contributed by atoms with Crippen LogP contribution in [0.15, 0.2) is 18.2 Å². The highest BCUT2D eigenvalue weighted by atomic mass is 35.5. The first-order chi connectivity index (χ1) is 11.8. The SMILES string of the molecule is C/C=C\c1c(N)nc(-c2ccc(Cl)c(N(C)C)c2F)nc1C(=O)OC. The van der Waals surface area contributed by atoms with Gasteiger partial charge in [-0.1, -0.05) is 23.8 Å². The molecule has 0 spiro atoms. The number of allylic oxidation sites excluding steroid dienone is 1. The zero-order chi connectivity index (χ0) is 18.7. The van der Waals surface area contributed by atoms with Crippen molar-refractivity contribution in [2.45, 2.75) is 6.92 Å². The van der Waals surface area contributed by atoms with Gasteiger partial charge in [-0.2, -0.15) is 0 Å². The summed E-state index contributed by atoms with van der Waals surface area (Å²) in [6.45, 7) is 1.76. The second-order valence-corrected chi connectivity index (χ2v) is 5.75. The van der Waals surface area contributed by atoms with Gasteiger partial charge < -0.3 is 15.4 Å². The van der Waals surface area contributed by atoms with E-state index in [9.17, 15) is 9.18 Å². The third kappa shape index (κ3) is 3.56. The number of rotatable bonds is 4. The van der Waals surface area contributed by atoms with Crippen molar-refractivity contribution in [3.63, 3.8) is 0 Å². The van der Waals surface area contributed by atoms with E-state index in [2.05, 4.69) is 9.97 Å². The first-order valence-electron chi connectivity index (χ1n) is 7.36. The highest BCUT2D eigenvalue weighted by Crippen LogP contribution is 2.34. The monoisotopic (exact) mass is 364 g/mol. The van der Waals surface area contributed by atoms with E-state index in [1.807, 2.05) is 0 Å². The number of carbonyl (C=O) groups is 1. The van der Waals surface area contributed by atoms with Gasteiger partial charge in [0.15, 0.2) is 17.3 Å². The van der Waals surface area contributed by atoms with E-state index in [0.717, 1.165) is 0 Å². The van der Waals surface area contributed by atoms with Crippen LogP contribution in [0.5, 0.6) is 0 Å². The van der Waals surface area contributed by atoms with Gasteiger partial charge in [0, 0.05) is 19.7 Å². The van der Waals surface area contributed by atoms with E-state index in [4.69, 9.17) is 22.1 Å². The quantitative estimate of drug-likeness (QED) is 0.837. The minimum absolute atomic E-state index is 0.0246. The smallest absolute Gasteiger partial charge is 0.357 e. The van der Waals surface area contributed by atoms with Gasteiger partial charge in [0.1, 0.15) is 5.82 Å². The Morgan fingerprint density at radius 1 is 1.36 bits per heavy atom. The second kappa shape index (κ2) is 7.48. The average molecular weight is 365 g/mol. The molecule has 1 aromatic carbocycles. The lowest BCUT2D eigenvalue weighted by Gasteiger charge is -2.17. The van der Waals surface area contributed by atoms with Crippen LogP contribution in [0, 0.1) is 5.82 Å². The van der Waals surface area contributed by atoms with Crippen molar-refractivity contribution in [3.05, 3.63) is 40.3 Å². The van der Waals surface area contributed by atoms with Crippen LogP contribution < -0.4 is 10.6 Å². The van der Waals surface area contributed by atoms with Gasteiger partial charge in [0.05, 0.1) is 23.4 Å². The summed E-state index contributed by atoms with van der Waals surface area (Å²) in [4.78, 5) is 21.9. The molecule has 0 amide bonds. The lowest BCUT2D eigenvalue weighted by Crippen LogP contribution is -2.14. The Kier molecular flexibility index (Phi) is 5.58. The van der Waals surface area contributed by atoms with Crippen LogP contribution in [0.3, 0.4) is 0 Å². The number of anilines is 2. The van der Waals surface area contributed by atoms with E-state index in [0.29, 0.717) is 5.56 Å². The van der Waals surface area contributed by atoms with Crippen LogP contribution in [0.4, 0.5) is 15.9 Å². The fourth-order valence-corrected chi connectivity index (χ4v) is 2.63. The van der Waals surface area contributed by atoms with Gasteiger partial charge >= 0.3 is 5.97 Å². The summed E-state index contributed by atoms with van der Waals surface area (Å²) in [7, 11) is 4.56. The molecule has 0 aliphatic heterocycles. The zero-order valence-corrected chi connectivity index (χ0v) is 15.1. The van der Waals surface area contributed by atoms with Crippen molar-refractivity contribution >= 4 is 35.2 Å². The van der Waals surface area contributed by atoms with Crippen LogP contribution in [0.2, 0.25) is 5.02 Å². The molecule has 0 unspecified atom stereocenters. The van der Waals surface area contributed by atoms with Crippen molar-refractivity contribution in [1.29, 1.82) is 0 Å². The Hall–Kier alpha value is -2.67. The number of nitrogens with two attached hydrogens (primary N) is 1. The van der Waals surface area contributed by atoms with E-state index in [-0.39, 0.29) is 33.6 Å². The Balaban J connectivity index is 2.75. The van der Waals surface area contributed by atoms with Crippen LogP contribution in [-0.4, -0.2) is 37.1 Å². The van der Waals surface area contributed by atoms with Gasteiger partial charge in [0.25, 0.3) is 0 Å². The maximum Gasteiger partial charge on any atom is 0.357 e. The first kappa shape index (κ1) is 18.7. The maximum absolute atomic E-state index is 14.9. The predicted octanol–water partition coefficient (Wildman–Crippen LogP) is 3.40. The third-order valence-electron chi connectivity index (χ3n) is 3.44. The molecule has 0 radical (unpaired) electrons. The molecule has 132 valence electrons. The minimum atomic E-state index is -0.689. The maximum atomic E-state index is 14.9. The molecule has 6 nitrogen and oxygen atoms in total. The van der Waals surface area contributed by atoms with Gasteiger partial charge in [-0.25, -0.2) is 19.2 Å². The molecule has 0 saturated heterocycles. The average Bonchev–Trinajstić information content (AvgIpc) is 2.55. The predicted molar refractivity (Wildman–Crippen MR) is 97.2 cm³/mol. The molecular formula is C17H18ClFN4O2. The molecule has 0 aliphatic rings. The third-order valence-corrected chi connectivity index (χ3v) is 3.75. The molecule has 0 bridgehead atoms. The number of aromatic nitrogens is 2. The van der Waals surface area contributed by atoms with Crippen LogP contribution in [0.25, 0.3) is 17.5 Å². The molecule has 0 aliphatic carbocycles. The standard InChI is InChI=1S/C17H18ClFN4O2/c1-5-6-10-13(17(24)25-4)21-16(22-15(10)20)9-7-8-11(18)14(12(9)19)23(2)3/h5-8H,1-4H3,(H2,20,21,22)/b6-5-. The number of carbonyl (C=O) groups excluding carboxylic acids is 1. The Morgan fingerprint density at radius 2 is 2.04 bits per heavy atom. The highest BCUT2D eigenvalue weighted by Gasteiger charge is 2.22. The number of benzene rings is 1. The summed E-state index contributed by atoms with van der Waals surface area (Å²) in [5.41, 5.74) is 6.50. The van der Waals surface area contributed by atoms with Crippen LogP contribution in [-0.2, 0) is 4.74 Å². The molecule has 0 saturated carbocycles. The summed E-state index contributed by atoms with van der Waals surface area (Å²) in [6.07, 6.45) is 3.28. The van der Waals surface area contributed by atoms with Gasteiger partial charge in [-0.3, -0.25) is 0 Å². The number of hydrogen-bond acceptors (Lipinski definition) is 6. The number of nitrogen functional groups attached to an aromatic ring is 1. The molecular weight excluding hydrogens is 347 g/mol. The van der Waals surface area contributed by atoms with Crippen molar-refractivity contribution in [1.82, 2.24) is 9.97 Å². The summed E-state index contributed by atoms with van der Waals surface area (Å²) in [6, 6.07) is 2.97. The van der Waals surface area contributed by atoms with Gasteiger partial charge in [0.2, 0.25) is 0 Å². The number of esters is 1. The number of methoxy groups -OCH3 is 1. The van der Waals surface area contributed by atoms with E-state index < -0.39 is 11.8 Å². The zero-order valence-electron chi connectivity index (χ0n) is 14.3. The lowest BCUT2D eigenvalue weighted by atomic mass is 10.1. The molecule has 1 aromatic heterocycles. The molecule has 2 rings (SSSR count). The normalized spacial score (nSPS) is 11.0. The minimum Gasteiger partial charge on any atom is -0.464 e. The number of hydrogen-bond donors (Lipinski definition) is 1. The van der Waals surface area contributed by atoms with Crippen LogP contribution in [0.1, 0.15) is 23.0 Å². The highest BCUT2D eigenvalue weighted by molar-refractivity contribution is 6.33. The fraction of sp³-hybridized carbons (Fsp3) is 0.235. The summed E-state index contributed by atoms with van der Waals surface area (Å²) in [5.74, 6) is -1.27. The Labute approximate surface area is 150 Å². The Bertz CT molecular complexity index is 853. The molecule has 2 aromatic rings. The van der Waals surface area contributed by atoms with Gasteiger partial charge in [-0.05, 0) is 19.1 Å². The van der Waals surface area contributed by atoms with Crippen molar-refractivity contribution in [2.75, 3.05) is 31.8 Å². The van der Waals surface area contributed by atoms with E-state index >= 15 is 0 Å². The topological polar surface area (TPSA) is 81.3 Å². The lowest BCUT2D eigenvalue weighted by molar-refractivity contribution is 0.0593. The summed E-state index contributed by atoms with van der Waals surface area (Å²) < 4.78 is 19.6. The van der Waals surface area contributed by atoms with Crippen LogP contribution >= 0.6 is 11.6 Å². The van der Waals surface area contributed by atoms with E-state index in [1.165, 1.54) is 19.2 Å². The molecule has 25 heavy (non-hydrogen) atoms. The number of ether oxygens (including phenoxy) is 1. The molecule has 2 N–H and O–H groups in total. The largest absolute Gasteiger partial charge is 0.464 e. The number of nitrogens with zero attached hydrogens (tertiary/aromatic N) is 3. The van der Waals surface area contributed by atoms with Crippen molar-refractivity contribution in [2.24, 2.45) is 0 Å². The fourth-order valence-electron chi connectivity index (χ4n) is 2.31.